The standard InChI is InChI=1S/C12H8O2S.C8H7O2.Bi/c13-15(14,11-7-3-1-4-8-11)12-9-5-2-6-10-12;1-7(9)10-8-5-3-2-4-6-8;/h1-7,9H;3-6H,1H3;. The number of rotatable bonds is 2. The molecule has 26 heavy (non-hydrogen) atoms. The van der Waals surface area contributed by atoms with Crippen LogP contribution in [-0.4, -0.2) is 36.1 Å². The van der Waals surface area contributed by atoms with Gasteiger partial charge in [-0.15, -0.1) is 0 Å². The van der Waals surface area contributed by atoms with Crippen LogP contribution in [0.4, 0.5) is 0 Å². The van der Waals surface area contributed by atoms with Crippen LogP contribution in [0.25, 0.3) is 0 Å². The van der Waals surface area contributed by atoms with Crippen molar-refractivity contribution < 1.29 is 17.9 Å². The zero-order valence-electron chi connectivity index (χ0n) is 13.9. The summed E-state index contributed by atoms with van der Waals surface area (Å²) in [6, 6.07) is 22.1. The molecule has 0 bridgehead atoms. The molecule has 3 aromatic carbocycles. The van der Waals surface area contributed by atoms with E-state index in [9.17, 15) is 13.2 Å². The third-order valence-electron chi connectivity index (χ3n) is 4.15. The van der Waals surface area contributed by atoms with Crippen LogP contribution in [0.5, 0.6) is 5.75 Å². The van der Waals surface area contributed by atoms with Crippen molar-refractivity contribution in [2.75, 3.05) is 0 Å². The van der Waals surface area contributed by atoms with Crippen molar-refractivity contribution in [2.24, 2.45) is 0 Å². The summed E-state index contributed by atoms with van der Waals surface area (Å²) >= 11 is -2.75. The van der Waals surface area contributed by atoms with Crippen LogP contribution in [-0.2, 0) is 14.6 Å². The number of esters is 1. The van der Waals surface area contributed by atoms with Crippen LogP contribution in [0.3, 0.4) is 0 Å². The Bertz CT molecular complexity index is 1050. The van der Waals surface area contributed by atoms with Crippen molar-refractivity contribution in [3.8, 4) is 5.75 Å². The molecule has 0 fully saturated rings. The Morgan fingerprint density at radius 1 is 0.808 bits per heavy atom. The minimum atomic E-state index is -3.48. The first-order valence-electron chi connectivity index (χ1n) is 8.00. The van der Waals surface area contributed by atoms with Crippen LogP contribution < -0.4 is 14.6 Å². The minimum absolute atomic E-state index is 0.361. The second-order valence-electron chi connectivity index (χ2n) is 5.86. The van der Waals surface area contributed by atoms with E-state index < -0.39 is 31.6 Å². The van der Waals surface area contributed by atoms with Crippen LogP contribution in [0, 0.1) is 0 Å². The quantitative estimate of drug-likeness (QED) is 0.211. The molecule has 6 heteroatoms. The number of hydrogen-bond acceptors (Lipinski definition) is 4. The molecule has 0 aromatic heterocycles. The SMILES string of the molecule is CC(=O)Oc1cc[c]([Bi]2[c]3ccccc3S(=O)(=O)c3cccc[c]32)cc1. The van der Waals surface area contributed by atoms with Gasteiger partial charge in [0.2, 0.25) is 0 Å². The number of carbonyl (C=O) groups excluding carboxylic acids is 1. The Hall–Kier alpha value is -2.04. The van der Waals surface area contributed by atoms with Gasteiger partial charge < -0.3 is 0 Å². The Morgan fingerprint density at radius 3 is 1.81 bits per heavy atom. The van der Waals surface area contributed by atoms with Crippen LogP contribution in [0.1, 0.15) is 6.92 Å². The van der Waals surface area contributed by atoms with E-state index in [0.717, 1.165) is 9.81 Å². The van der Waals surface area contributed by atoms with E-state index in [1.807, 2.05) is 36.4 Å². The number of fused-ring (bicyclic) bond motifs is 2. The predicted octanol–water partition coefficient (Wildman–Crippen LogP) is 1.27. The molecule has 4 rings (SSSR count). The van der Waals surface area contributed by atoms with E-state index in [4.69, 9.17) is 4.74 Å². The second kappa shape index (κ2) is 6.60. The summed E-state index contributed by atoms with van der Waals surface area (Å²) < 4.78 is 34.2. The molecular weight excluding hydrogens is 545 g/mol. The number of sulfone groups is 1. The summed E-state index contributed by atoms with van der Waals surface area (Å²) in [6.45, 7) is 1.37. The summed E-state index contributed by atoms with van der Waals surface area (Å²) in [4.78, 5) is 12.0. The van der Waals surface area contributed by atoms with Gasteiger partial charge in [-0.2, -0.15) is 0 Å². The molecule has 1 aliphatic rings. The maximum atomic E-state index is 13.0. The molecule has 0 atom stereocenters. The van der Waals surface area contributed by atoms with Crippen molar-refractivity contribution in [3.05, 3.63) is 72.8 Å². The summed E-state index contributed by atoms with van der Waals surface area (Å²) in [5.74, 6) is 0.136. The topological polar surface area (TPSA) is 60.4 Å². The molecule has 0 unspecified atom stereocenters. The first-order chi connectivity index (χ1) is 12.5. The Morgan fingerprint density at radius 2 is 1.31 bits per heavy atom. The summed E-state index contributed by atoms with van der Waals surface area (Å²) in [7, 11) is -3.48. The average Bonchev–Trinajstić information content (AvgIpc) is 2.63. The molecule has 0 saturated heterocycles. The van der Waals surface area contributed by atoms with E-state index in [2.05, 4.69) is 0 Å². The van der Waals surface area contributed by atoms with Crippen LogP contribution in [0.15, 0.2) is 82.6 Å². The first kappa shape index (κ1) is 17.4. The molecule has 130 valence electrons. The summed E-state index contributed by atoms with van der Waals surface area (Å²) in [5, 5.41) is 0. The van der Waals surface area contributed by atoms with Gasteiger partial charge in [0.15, 0.2) is 0 Å². The van der Waals surface area contributed by atoms with E-state index >= 15 is 0 Å². The van der Waals surface area contributed by atoms with Crippen molar-refractivity contribution in [3.63, 3.8) is 0 Å². The van der Waals surface area contributed by atoms with Crippen molar-refractivity contribution in [1.29, 1.82) is 0 Å². The molecule has 0 saturated carbocycles. The van der Waals surface area contributed by atoms with Gasteiger partial charge in [-0.3, -0.25) is 0 Å². The van der Waals surface area contributed by atoms with Gasteiger partial charge in [-0.1, -0.05) is 0 Å². The first-order valence-corrected chi connectivity index (χ1v) is 14.7. The number of benzene rings is 3. The molecule has 1 aliphatic heterocycles. The third kappa shape index (κ3) is 2.87. The fourth-order valence-electron chi connectivity index (χ4n) is 3.09. The van der Waals surface area contributed by atoms with E-state index in [1.54, 1.807) is 36.4 Å². The van der Waals surface area contributed by atoms with E-state index in [1.165, 1.54) is 6.92 Å². The molecule has 0 radical (unpaired) electrons. The van der Waals surface area contributed by atoms with Crippen LogP contribution in [0.2, 0.25) is 0 Å². The summed E-state index contributed by atoms with van der Waals surface area (Å²) in [5.41, 5.74) is 0. The zero-order valence-corrected chi connectivity index (χ0v) is 18.2. The molecule has 0 N–H and O–H groups in total. The van der Waals surface area contributed by atoms with Crippen LogP contribution >= 0.6 is 0 Å². The summed E-state index contributed by atoms with van der Waals surface area (Å²) in [6.07, 6.45) is 0. The Labute approximate surface area is 160 Å². The average molecular weight is 560 g/mol. The van der Waals surface area contributed by atoms with E-state index in [0.29, 0.717) is 15.5 Å². The van der Waals surface area contributed by atoms with Gasteiger partial charge >= 0.3 is 161 Å². The van der Waals surface area contributed by atoms with Gasteiger partial charge in [0.25, 0.3) is 0 Å². The fraction of sp³-hybridized carbons (Fsp3) is 0.0500. The Balaban J connectivity index is 1.91. The molecule has 3 aromatic rings. The number of ether oxygens (including phenoxy) is 1. The monoisotopic (exact) mass is 560 g/mol. The number of hydrogen-bond donors (Lipinski definition) is 0. The molecule has 0 amide bonds. The van der Waals surface area contributed by atoms with Gasteiger partial charge in [0.1, 0.15) is 0 Å². The van der Waals surface area contributed by atoms with Crippen molar-refractivity contribution in [1.82, 2.24) is 0 Å². The van der Waals surface area contributed by atoms with Crippen molar-refractivity contribution >= 4 is 47.4 Å². The van der Waals surface area contributed by atoms with Gasteiger partial charge in [-0.05, 0) is 0 Å². The maximum absolute atomic E-state index is 13.0. The van der Waals surface area contributed by atoms with Gasteiger partial charge in [0, 0.05) is 0 Å². The molecule has 4 nitrogen and oxygen atoms in total. The molecule has 1 heterocycles. The Kier molecular flexibility index (Phi) is 4.41. The van der Waals surface area contributed by atoms with Gasteiger partial charge in [-0.25, -0.2) is 0 Å². The molecule has 0 aliphatic carbocycles. The normalized spacial score (nSPS) is 15.0. The fourth-order valence-corrected chi connectivity index (χ4v) is 18.0. The predicted molar refractivity (Wildman–Crippen MR) is 101 cm³/mol. The zero-order chi connectivity index (χ0) is 18.3. The molecule has 0 spiro atoms. The van der Waals surface area contributed by atoms with Crippen molar-refractivity contribution in [2.45, 2.75) is 16.7 Å². The molecular formula is C20H15BiO4S. The number of carbonyl (C=O) groups is 1. The van der Waals surface area contributed by atoms with E-state index in [-0.39, 0.29) is 5.97 Å². The van der Waals surface area contributed by atoms with Gasteiger partial charge in [0.05, 0.1) is 0 Å². The second-order valence-corrected chi connectivity index (χ2v) is 16.1. The third-order valence-corrected chi connectivity index (χ3v) is 17.2.